The summed E-state index contributed by atoms with van der Waals surface area (Å²) >= 11 is 0. The number of nitrogens with one attached hydrogen (secondary N) is 1. The highest BCUT2D eigenvalue weighted by atomic mass is 16.7. The van der Waals surface area contributed by atoms with E-state index in [-0.39, 0.29) is 17.9 Å². The van der Waals surface area contributed by atoms with Crippen molar-refractivity contribution in [3.63, 3.8) is 0 Å². The summed E-state index contributed by atoms with van der Waals surface area (Å²) in [4.78, 5) is 41.0. The molecule has 1 unspecified atom stereocenters. The van der Waals surface area contributed by atoms with Gasteiger partial charge in [-0.05, 0) is 32.0 Å². The van der Waals surface area contributed by atoms with Gasteiger partial charge >= 0.3 is 12.1 Å². The summed E-state index contributed by atoms with van der Waals surface area (Å²) in [5, 5.41) is 16.5. The highest BCUT2D eigenvalue weighted by Gasteiger charge is 2.31. The number of amides is 2. The minimum atomic E-state index is -0.975. The molecule has 0 saturated carbocycles. The Kier molecular flexibility index (Phi) is 8.70. The second-order valence-corrected chi connectivity index (χ2v) is 9.91. The first kappa shape index (κ1) is 28.6. The van der Waals surface area contributed by atoms with E-state index in [1.54, 1.807) is 47.7 Å². The maximum absolute atomic E-state index is 13.1. The molecule has 0 bridgehead atoms. The van der Waals surface area contributed by atoms with Gasteiger partial charge < -0.3 is 29.3 Å². The highest BCUT2D eigenvalue weighted by molar-refractivity contribution is 6.08. The zero-order valence-electron chi connectivity index (χ0n) is 23.6. The first-order chi connectivity index (χ1) is 19.0. The molecule has 1 aliphatic rings. The second-order valence-electron chi connectivity index (χ2n) is 9.91. The quantitative estimate of drug-likeness (QED) is 0.326. The molecule has 0 radical (unpaired) electrons. The van der Waals surface area contributed by atoms with Crippen molar-refractivity contribution in [1.29, 1.82) is 0 Å². The Morgan fingerprint density at radius 2 is 1.88 bits per heavy atom. The molecule has 1 aromatic carbocycles. The van der Waals surface area contributed by atoms with E-state index in [0.717, 1.165) is 10.9 Å². The largest absolute Gasteiger partial charge is 0.493 e. The van der Waals surface area contributed by atoms with Crippen LogP contribution in [0.5, 0.6) is 5.75 Å². The molecule has 40 heavy (non-hydrogen) atoms. The second kappa shape index (κ2) is 12.2. The van der Waals surface area contributed by atoms with Crippen LogP contribution in [-0.2, 0) is 21.3 Å². The number of fused-ring (bicyclic) bond motifs is 1. The fraction of sp³-hybridized carbons (Fsp3) is 0.481. The van der Waals surface area contributed by atoms with Gasteiger partial charge in [-0.3, -0.25) is 14.3 Å². The van der Waals surface area contributed by atoms with Gasteiger partial charge in [0.25, 0.3) is 5.91 Å². The molecular formula is C27H35N7O6. The monoisotopic (exact) mass is 553 g/mol. The number of piperazine rings is 1. The number of carbonyl (C=O) groups excluding carboxylic acids is 3. The first-order valence-electron chi connectivity index (χ1n) is 13.2. The number of ether oxygens (including phenoxy) is 3. The Morgan fingerprint density at radius 3 is 2.52 bits per heavy atom. The molecule has 1 aliphatic heterocycles. The number of benzene rings is 1. The number of hydrogen-bond donors (Lipinski definition) is 1. The normalized spacial score (nSPS) is 16.1. The van der Waals surface area contributed by atoms with E-state index in [1.165, 1.54) is 6.92 Å². The molecular weight excluding hydrogens is 518 g/mol. The van der Waals surface area contributed by atoms with Gasteiger partial charge in [0, 0.05) is 57.3 Å². The number of esters is 1. The van der Waals surface area contributed by atoms with Gasteiger partial charge in [0.1, 0.15) is 5.75 Å². The molecule has 13 nitrogen and oxygen atoms in total. The lowest BCUT2D eigenvalue weighted by molar-refractivity contribution is -0.170. The Hall–Kier alpha value is -4.42. The van der Waals surface area contributed by atoms with Crippen LogP contribution in [-0.4, -0.2) is 81.4 Å². The molecule has 2 amide bonds. The number of nitrogens with zero attached hydrogens (tertiary/aromatic N) is 6. The molecule has 1 saturated heterocycles. The average molecular weight is 554 g/mol. The van der Waals surface area contributed by atoms with Crippen molar-refractivity contribution in [1.82, 2.24) is 24.9 Å². The van der Waals surface area contributed by atoms with Gasteiger partial charge in [0.05, 0.1) is 23.6 Å². The third-order valence-corrected chi connectivity index (χ3v) is 6.36. The van der Waals surface area contributed by atoms with Gasteiger partial charge in [0.2, 0.25) is 6.29 Å². The smallest absolute Gasteiger partial charge is 0.413 e. The third kappa shape index (κ3) is 6.58. The standard InChI is InChI=1S/C27H35N7O6/c1-7-38-22-13-21-19(15-32(6)31-21)12-20(22)25(35)28-23-8-9-24(30-29-23)33-10-11-34(17(4)14-33)27(37)40-18(5)39-26(36)16(2)3/h8-9,12-13,15-18H,7,10-11,14H2,1-6H3,(H,28,29,35)/t17-,18?/m0/s1. The lowest BCUT2D eigenvalue weighted by Crippen LogP contribution is -2.55. The van der Waals surface area contributed by atoms with Crippen molar-refractivity contribution in [3.05, 3.63) is 36.0 Å². The highest BCUT2D eigenvalue weighted by Crippen LogP contribution is 2.26. The maximum Gasteiger partial charge on any atom is 0.413 e. The topological polar surface area (TPSA) is 141 Å². The van der Waals surface area contributed by atoms with E-state index < -0.39 is 18.4 Å². The summed E-state index contributed by atoms with van der Waals surface area (Å²) in [6.07, 6.45) is 0.312. The fourth-order valence-corrected chi connectivity index (χ4v) is 4.34. The molecule has 1 N–H and O–H groups in total. The van der Waals surface area contributed by atoms with Crippen LogP contribution in [0.4, 0.5) is 16.4 Å². The zero-order chi connectivity index (χ0) is 29.0. The van der Waals surface area contributed by atoms with Crippen LogP contribution in [0.2, 0.25) is 0 Å². The first-order valence-corrected chi connectivity index (χ1v) is 13.2. The lowest BCUT2D eigenvalue weighted by atomic mass is 10.1. The summed E-state index contributed by atoms with van der Waals surface area (Å²) in [5.74, 6) is 0.236. The molecule has 3 heterocycles. The van der Waals surface area contributed by atoms with Gasteiger partial charge in [-0.2, -0.15) is 5.10 Å². The molecule has 2 atom stereocenters. The van der Waals surface area contributed by atoms with E-state index in [4.69, 9.17) is 14.2 Å². The summed E-state index contributed by atoms with van der Waals surface area (Å²) < 4.78 is 17.8. The Morgan fingerprint density at radius 1 is 1.10 bits per heavy atom. The zero-order valence-corrected chi connectivity index (χ0v) is 23.6. The molecule has 3 aromatic rings. The minimum absolute atomic E-state index is 0.185. The van der Waals surface area contributed by atoms with Crippen molar-refractivity contribution in [2.75, 3.05) is 36.5 Å². The van der Waals surface area contributed by atoms with Crippen molar-refractivity contribution in [2.45, 2.75) is 47.0 Å². The van der Waals surface area contributed by atoms with Crippen LogP contribution in [0.25, 0.3) is 10.9 Å². The predicted molar refractivity (Wildman–Crippen MR) is 147 cm³/mol. The SMILES string of the molecule is CCOc1cc2nn(C)cc2cc1C(=O)Nc1ccc(N2CCN(C(=O)OC(C)OC(=O)C(C)C)[C@@H](C)C2)nn1. The summed E-state index contributed by atoms with van der Waals surface area (Å²) in [7, 11) is 1.82. The lowest BCUT2D eigenvalue weighted by Gasteiger charge is -2.39. The summed E-state index contributed by atoms with van der Waals surface area (Å²) in [6, 6.07) is 6.75. The Labute approximate surface area is 232 Å². The van der Waals surface area contributed by atoms with Crippen LogP contribution in [0.15, 0.2) is 30.5 Å². The van der Waals surface area contributed by atoms with Crippen molar-refractivity contribution < 1.29 is 28.6 Å². The van der Waals surface area contributed by atoms with Gasteiger partial charge in [-0.25, -0.2) is 4.79 Å². The van der Waals surface area contributed by atoms with Crippen LogP contribution in [0.1, 0.15) is 45.0 Å². The molecule has 0 spiro atoms. The third-order valence-electron chi connectivity index (χ3n) is 6.36. The minimum Gasteiger partial charge on any atom is -0.493 e. The number of aromatic nitrogens is 4. The molecule has 1 fully saturated rings. The number of anilines is 2. The van der Waals surface area contributed by atoms with E-state index in [0.29, 0.717) is 49.2 Å². The van der Waals surface area contributed by atoms with E-state index in [2.05, 4.69) is 20.6 Å². The van der Waals surface area contributed by atoms with E-state index in [1.807, 2.05) is 32.0 Å². The van der Waals surface area contributed by atoms with Gasteiger partial charge in [0.15, 0.2) is 11.6 Å². The van der Waals surface area contributed by atoms with Crippen molar-refractivity contribution in [3.8, 4) is 5.75 Å². The average Bonchev–Trinajstić information content (AvgIpc) is 3.27. The predicted octanol–water partition coefficient (Wildman–Crippen LogP) is 3.21. The molecule has 0 aliphatic carbocycles. The fourth-order valence-electron chi connectivity index (χ4n) is 4.34. The van der Waals surface area contributed by atoms with Gasteiger partial charge in [-0.1, -0.05) is 13.8 Å². The molecule has 13 heteroatoms. The van der Waals surface area contributed by atoms with Crippen LogP contribution in [0, 0.1) is 5.92 Å². The molecule has 214 valence electrons. The van der Waals surface area contributed by atoms with Crippen LogP contribution in [0.3, 0.4) is 0 Å². The van der Waals surface area contributed by atoms with E-state index >= 15 is 0 Å². The van der Waals surface area contributed by atoms with Crippen LogP contribution < -0.4 is 15.0 Å². The summed E-state index contributed by atoms with van der Waals surface area (Å²) in [5.41, 5.74) is 1.11. The number of aryl methyl sites for hydroxylation is 1. The number of rotatable bonds is 8. The Balaban J connectivity index is 1.36. The number of hydrogen-bond acceptors (Lipinski definition) is 10. The van der Waals surface area contributed by atoms with Crippen molar-refractivity contribution in [2.24, 2.45) is 13.0 Å². The molecule has 2 aromatic heterocycles. The summed E-state index contributed by atoms with van der Waals surface area (Å²) in [6.45, 7) is 10.5. The maximum atomic E-state index is 13.1. The van der Waals surface area contributed by atoms with E-state index in [9.17, 15) is 14.4 Å². The van der Waals surface area contributed by atoms with Crippen LogP contribution >= 0.6 is 0 Å². The van der Waals surface area contributed by atoms with Gasteiger partial charge in [-0.15, -0.1) is 10.2 Å². The Bertz CT molecular complexity index is 1370. The number of carbonyl (C=O) groups is 3. The molecule has 4 rings (SSSR count). The van der Waals surface area contributed by atoms with Crippen molar-refractivity contribution >= 4 is 40.5 Å².